The van der Waals surface area contributed by atoms with Gasteiger partial charge in [0, 0.05) is 8.95 Å². The number of hydrogen-bond acceptors (Lipinski definition) is 2. The van der Waals surface area contributed by atoms with Crippen molar-refractivity contribution in [2.75, 3.05) is 6.54 Å². The molecule has 1 unspecified atom stereocenters. The largest absolute Gasteiger partial charge is 0.306 e. The molecule has 0 fully saturated rings. The van der Waals surface area contributed by atoms with E-state index < -0.39 is 0 Å². The molecule has 5 heteroatoms. The van der Waals surface area contributed by atoms with Crippen molar-refractivity contribution in [3.8, 4) is 0 Å². The lowest BCUT2D eigenvalue weighted by Gasteiger charge is -2.20. The van der Waals surface area contributed by atoms with Crippen LogP contribution in [-0.4, -0.2) is 6.54 Å². The summed E-state index contributed by atoms with van der Waals surface area (Å²) in [6.45, 7) is 3.18. The second-order valence-corrected chi connectivity index (χ2v) is 8.30. The minimum atomic E-state index is 0.217. The smallest absolute Gasteiger partial charge is 0.0701 e. The first-order valence-electron chi connectivity index (χ1n) is 6.04. The molecule has 0 spiro atoms. The van der Waals surface area contributed by atoms with Gasteiger partial charge in [-0.3, -0.25) is 0 Å². The number of halogens is 3. The molecule has 0 bridgehead atoms. The minimum absolute atomic E-state index is 0.217. The summed E-state index contributed by atoms with van der Waals surface area (Å²) >= 11 is 12.5. The molecular formula is C14H14Br3NS. The molecule has 0 aliphatic heterocycles. The highest BCUT2D eigenvalue weighted by Crippen LogP contribution is 2.34. The first-order valence-corrected chi connectivity index (χ1v) is 9.30. The van der Waals surface area contributed by atoms with E-state index in [9.17, 15) is 0 Å². The van der Waals surface area contributed by atoms with Gasteiger partial charge in [-0.25, -0.2) is 0 Å². The summed E-state index contributed by atoms with van der Waals surface area (Å²) in [5.41, 5.74) is 2.55. The van der Waals surface area contributed by atoms with Crippen LogP contribution in [0.25, 0.3) is 0 Å². The van der Waals surface area contributed by atoms with Gasteiger partial charge in [0.15, 0.2) is 0 Å². The highest BCUT2D eigenvalue weighted by atomic mass is 79.9. The Labute approximate surface area is 143 Å². The van der Waals surface area contributed by atoms with Gasteiger partial charge in [-0.2, -0.15) is 0 Å². The van der Waals surface area contributed by atoms with E-state index in [1.807, 2.05) is 6.07 Å². The predicted octanol–water partition coefficient (Wildman–Crippen LogP) is 6.12. The zero-order chi connectivity index (χ0) is 13.8. The molecule has 0 aliphatic carbocycles. The third kappa shape index (κ3) is 4.14. The second kappa shape index (κ2) is 7.36. The highest BCUT2D eigenvalue weighted by molar-refractivity contribution is 9.11. The lowest BCUT2D eigenvalue weighted by Crippen LogP contribution is -2.23. The molecule has 1 aromatic carbocycles. The zero-order valence-corrected chi connectivity index (χ0v) is 16.0. The molecule has 1 aromatic heterocycles. The van der Waals surface area contributed by atoms with E-state index in [-0.39, 0.29) is 6.04 Å². The number of nitrogens with one attached hydrogen (secondary N) is 1. The average molecular weight is 468 g/mol. The highest BCUT2D eigenvalue weighted by Gasteiger charge is 2.17. The van der Waals surface area contributed by atoms with Gasteiger partial charge in [0.1, 0.15) is 0 Å². The maximum Gasteiger partial charge on any atom is 0.0701 e. The maximum absolute atomic E-state index is 3.66. The van der Waals surface area contributed by atoms with Crippen molar-refractivity contribution >= 4 is 59.1 Å². The van der Waals surface area contributed by atoms with Gasteiger partial charge in [-0.05, 0) is 69.7 Å². The standard InChI is InChI=1S/C14H14Br3NS/c1-2-5-18-14(9-6-13(17)19-8-9)11-7-10(15)3-4-12(11)16/h3-4,6-8,14,18H,2,5H2,1H3. The van der Waals surface area contributed by atoms with E-state index in [1.165, 1.54) is 11.1 Å². The van der Waals surface area contributed by atoms with Crippen LogP contribution in [0.15, 0.2) is 42.4 Å². The van der Waals surface area contributed by atoms with Crippen LogP contribution in [-0.2, 0) is 0 Å². The Hall–Kier alpha value is 0.320. The first-order chi connectivity index (χ1) is 9.11. The fourth-order valence-corrected chi connectivity index (χ4v) is 3.96. The molecule has 102 valence electrons. The van der Waals surface area contributed by atoms with E-state index in [1.54, 1.807) is 11.3 Å². The Balaban J connectivity index is 2.39. The summed E-state index contributed by atoms with van der Waals surface area (Å²) < 4.78 is 3.40. The molecule has 2 aromatic rings. The number of rotatable bonds is 5. The lowest BCUT2D eigenvalue weighted by molar-refractivity contribution is 0.598. The van der Waals surface area contributed by atoms with Crippen LogP contribution in [0, 0.1) is 0 Å². The Morgan fingerprint density at radius 3 is 2.63 bits per heavy atom. The molecule has 19 heavy (non-hydrogen) atoms. The van der Waals surface area contributed by atoms with Gasteiger partial charge >= 0.3 is 0 Å². The molecule has 0 radical (unpaired) electrons. The van der Waals surface area contributed by atoms with Gasteiger partial charge in [-0.1, -0.05) is 38.8 Å². The number of thiophene rings is 1. The first kappa shape index (κ1) is 15.7. The Morgan fingerprint density at radius 1 is 1.21 bits per heavy atom. The summed E-state index contributed by atoms with van der Waals surface area (Å²) in [5, 5.41) is 5.82. The van der Waals surface area contributed by atoms with Gasteiger partial charge in [0.25, 0.3) is 0 Å². The van der Waals surface area contributed by atoms with Crippen molar-refractivity contribution in [1.82, 2.24) is 5.32 Å². The van der Waals surface area contributed by atoms with Gasteiger partial charge < -0.3 is 5.32 Å². The number of benzene rings is 1. The molecule has 1 nitrogen and oxygen atoms in total. The molecule has 0 saturated carbocycles. The van der Waals surface area contributed by atoms with Crippen molar-refractivity contribution in [3.05, 3.63) is 53.5 Å². The molecule has 0 saturated heterocycles. The van der Waals surface area contributed by atoms with Crippen molar-refractivity contribution < 1.29 is 0 Å². The Kier molecular flexibility index (Phi) is 6.09. The number of hydrogen-bond donors (Lipinski definition) is 1. The average Bonchev–Trinajstić information content (AvgIpc) is 2.80. The molecule has 2 rings (SSSR count). The molecule has 1 heterocycles. The van der Waals surface area contributed by atoms with Gasteiger partial charge in [0.05, 0.1) is 9.83 Å². The van der Waals surface area contributed by atoms with Gasteiger partial charge in [0.2, 0.25) is 0 Å². The lowest BCUT2D eigenvalue weighted by atomic mass is 10.0. The van der Waals surface area contributed by atoms with Crippen LogP contribution in [0.1, 0.15) is 30.5 Å². The third-order valence-corrected chi connectivity index (χ3v) is 5.53. The second-order valence-electron chi connectivity index (χ2n) is 4.24. The van der Waals surface area contributed by atoms with Gasteiger partial charge in [-0.15, -0.1) is 11.3 Å². The molecule has 0 amide bonds. The van der Waals surface area contributed by atoms with E-state index in [0.717, 1.165) is 25.7 Å². The van der Waals surface area contributed by atoms with E-state index in [4.69, 9.17) is 0 Å². The quantitative estimate of drug-likeness (QED) is 0.558. The van der Waals surface area contributed by atoms with Crippen molar-refractivity contribution in [1.29, 1.82) is 0 Å². The molecular weight excluding hydrogens is 454 g/mol. The van der Waals surface area contributed by atoms with Crippen LogP contribution in [0.5, 0.6) is 0 Å². The fraction of sp³-hybridized carbons (Fsp3) is 0.286. The molecule has 0 aliphatic rings. The summed E-state index contributed by atoms with van der Waals surface area (Å²) in [6, 6.07) is 8.71. The van der Waals surface area contributed by atoms with E-state index in [0.29, 0.717) is 0 Å². The third-order valence-electron chi connectivity index (χ3n) is 2.79. The summed E-state index contributed by atoms with van der Waals surface area (Å²) in [4.78, 5) is 0. The van der Waals surface area contributed by atoms with Crippen LogP contribution in [0.3, 0.4) is 0 Å². The van der Waals surface area contributed by atoms with Crippen molar-refractivity contribution in [3.63, 3.8) is 0 Å². The summed E-state index contributed by atoms with van der Waals surface area (Å²) in [7, 11) is 0. The van der Waals surface area contributed by atoms with Crippen LogP contribution < -0.4 is 5.32 Å². The maximum atomic E-state index is 3.66. The predicted molar refractivity (Wildman–Crippen MR) is 94.0 cm³/mol. The van der Waals surface area contributed by atoms with Crippen molar-refractivity contribution in [2.24, 2.45) is 0 Å². The monoisotopic (exact) mass is 465 g/mol. The van der Waals surface area contributed by atoms with Crippen LogP contribution in [0.4, 0.5) is 0 Å². The van der Waals surface area contributed by atoms with E-state index in [2.05, 4.69) is 83.6 Å². The minimum Gasteiger partial charge on any atom is -0.306 e. The van der Waals surface area contributed by atoms with E-state index >= 15 is 0 Å². The normalized spacial score (nSPS) is 12.6. The molecule has 1 N–H and O–H groups in total. The fourth-order valence-electron chi connectivity index (χ4n) is 1.91. The Morgan fingerprint density at radius 2 is 2.00 bits per heavy atom. The topological polar surface area (TPSA) is 12.0 Å². The van der Waals surface area contributed by atoms with Crippen LogP contribution in [0.2, 0.25) is 0 Å². The molecule has 1 atom stereocenters. The Bertz CT molecular complexity index is 553. The zero-order valence-electron chi connectivity index (χ0n) is 10.4. The van der Waals surface area contributed by atoms with Crippen LogP contribution >= 0.6 is 59.1 Å². The van der Waals surface area contributed by atoms with Crippen molar-refractivity contribution in [2.45, 2.75) is 19.4 Å². The summed E-state index contributed by atoms with van der Waals surface area (Å²) in [6.07, 6.45) is 1.12. The summed E-state index contributed by atoms with van der Waals surface area (Å²) in [5.74, 6) is 0. The SMILES string of the molecule is CCCNC(c1csc(Br)c1)c1cc(Br)ccc1Br.